The predicted octanol–water partition coefficient (Wildman–Crippen LogP) is 2.77. The minimum Gasteiger partial charge on any atom is -0.491 e. The normalized spacial score (nSPS) is 14.2. The van der Waals surface area contributed by atoms with E-state index in [1.807, 2.05) is 32.9 Å². The molecule has 0 aliphatic rings. The zero-order chi connectivity index (χ0) is 14.5. The molecule has 0 heterocycles. The standard InChI is InChI=1S/C15H23NO3/c1-5-10-16-15(4,14(17)18)12-6-8-13(9-7-12)19-11(2)3/h6-9,11,16H,5,10H2,1-4H3,(H,17,18). The van der Waals surface area contributed by atoms with Gasteiger partial charge >= 0.3 is 5.97 Å². The van der Waals surface area contributed by atoms with E-state index in [9.17, 15) is 9.90 Å². The molecule has 0 saturated carbocycles. The third-order valence-corrected chi connectivity index (χ3v) is 2.96. The summed E-state index contributed by atoms with van der Waals surface area (Å²) in [6.45, 7) is 8.27. The minimum absolute atomic E-state index is 0.106. The third-order valence-electron chi connectivity index (χ3n) is 2.96. The maximum Gasteiger partial charge on any atom is 0.328 e. The van der Waals surface area contributed by atoms with Crippen LogP contribution in [0.5, 0.6) is 5.75 Å². The van der Waals surface area contributed by atoms with E-state index in [4.69, 9.17) is 4.74 Å². The molecular formula is C15H23NO3. The second-order valence-electron chi connectivity index (χ2n) is 5.05. The molecule has 106 valence electrons. The van der Waals surface area contributed by atoms with Crippen molar-refractivity contribution in [3.63, 3.8) is 0 Å². The lowest BCUT2D eigenvalue weighted by Gasteiger charge is -2.27. The van der Waals surface area contributed by atoms with Gasteiger partial charge < -0.3 is 9.84 Å². The van der Waals surface area contributed by atoms with Crippen LogP contribution in [0.3, 0.4) is 0 Å². The van der Waals surface area contributed by atoms with Gasteiger partial charge in [-0.3, -0.25) is 5.32 Å². The van der Waals surface area contributed by atoms with Gasteiger partial charge in [0.15, 0.2) is 0 Å². The highest BCUT2D eigenvalue weighted by molar-refractivity contribution is 5.80. The van der Waals surface area contributed by atoms with Crippen LogP contribution in [0, 0.1) is 0 Å². The van der Waals surface area contributed by atoms with Crippen molar-refractivity contribution in [1.29, 1.82) is 0 Å². The van der Waals surface area contributed by atoms with E-state index in [2.05, 4.69) is 5.32 Å². The molecule has 0 aromatic heterocycles. The lowest BCUT2D eigenvalue weighted by molar-refractivity contribution is -0.144. The summed E-state index contributed by atoms with van der Waals surface area (Å²) in [4.78, 5) is 11.5. The molecule has 0 aliphatic carbocycles. The van der Waals surface area contributed by atoms with Crippen molar-refractivity contribution >= 4 is 5.97 Å². The largest absolute Gasteiger partial charge is 0.491 e. The number of ether oxygens (including phenoxy) is 1. The Kier molecular flexibility index (Phi) is 5.36. The number of rotatable bonds is 7. The Morgan fingerprint density at radius 3 is 2.37 bits per heavy atom. The van der Waals surface area contributed by atoms with E-state index < -0.39 is 11.5 Å². The van der Waals surface area contributed by atoms with E-state index in [1.54, 1.807) is 19.1 Å². The zero-order valence-corrected chi connectivity index (χ0v) is 12.1. The smallest absolute Gasteiger partial charge is 0.328 e. The molecule has 1 unspecified atom stereocenters. The van der Waals surface area contributed by atoms with Crippen LogP contribution in [-0.2, 0) is 10.3 Å². The van der Waals surface area contributed by atoms with Gasteiger partial charge in [0.1, 0.15) is 11.3 Å². The van der Waals surface area contributed by atoms with Crippen LogP contribution in [0.2, 0.25) is 0 Å². The lowest BCUT2D eigenvalue weighted by Crippen LogP contribution is -2.46. The average Bonchev–Trinajstić information content (AvgIpc) is 2.35. The summed E-state index contributed by atoms with van der Waals surface area (Å²) >= 11 is 0. The first-order valence-electron chi connectivity index (χ1n) is 6.65. The maximum atomic E-state index is 11.5. The van der Waals surface area contributed by atoms with Crippen LogP contribution in [0.15, 0.2) is 24.3 Å². The molecule has 1 rings (SSSR count). The Morgan fingerprint density at radius 2 is 1.95 bits per heavy atom. The molecule has 2 N–H and O–H groups in total. The van der Waals surface area contributed by atoms with Crippen LogP contribution in [0.1, 0.15) is 39.7 Å². The van der Waals surface area contributed by atoms with E-state index in [-0.39, 0.29) is 6.10 Å². The number of carboxylic acids is 1. The predicted molar refractivity (Wildman–Crippen MR) is 75.5 cm³/mol. The molecule has 4 heteroatoms. The average molecular weight is 265 g/mol. The van der Waals surface area contributed by atoms with E-state index >= 15 is 0 Å². The number of hydrogen-bond acceptors (Lipinski definition) is 3. The summed E-state index contributed by atoms with van der Waals surface area (Å²) < 4.78 is 5.56. The Bertz CT molecular complexity index is 414. The molecule has 0 aliphatic heterocycles. The molecule has 0 amide bonds. The van der Waals surface area contributed by atoms with Gasteiger partial charge in [-0.1, -0.05) is 19.1 Å². The monoisotopic (exact) mass is 265 g/mol. The van der Waals surface area contributed by atoms with Gasteiger partial charge in [-0.05, 0) is 51.4 Å². The van der Waals surface area contributed by atoms with Crippen molar-refractivity contribution in [2.45, 2.75) is 45.8 Å². The summed E-state index contributed by atoms with van der Waals surface area (Å²) in [6.07, 6.45) is 0.993. The fourth-order valence-electron chi connectivity index (χ4n) is 1.82. The van der Waals surface area contributed by atoms with Gasteiger partial charge in [0.25, 0.3) is 0 Å². The number of hydrogen-bond donors (Lipinski definition) is 2. The topological polar surface area (TPSA) is 58.6 Å². The van der Waals surface area contributed by atoms with Crippen LogP contribution in [0.4, 0.5) is 0 Å². The fourth-order valence-corrected chi connectivity index (χ4v) is 1.82. The Hall–Kier alpha value is -1.55. The Labute approximate surface area is 114 Å². The van der Waals surface area contributed by atoms with Crippen molar-refractivity contribution in [2.75, 3.05) is 6.54 Å². The number of benzene rings is 1. The summed E-state index contributed by atoms with van der Waals surface area (Å²) in [7, 11) is 0. The highest BCUT2D eigenvalue weighted by Crippen LogP contribution is 2.24. The van der Waals surface area contributed by atoms with Crippen LogP contribution < -0.4 is 10.1 Å². The first kappa shape index (κ1) is 15.5. The molecule has 0 saturated heterocycles. The maximum absolute atomic E-state index is 11.5. The second kappa shape index (κ2) is 6.57. The molecule has 1 aromatic carbocycles. The van der Waals surface area contributed by atoms with Gasteiger partial charge in [0.05, 0.1) is 6.10 Å². The van der Waals surface area contributed by atoms with Crippen LogP contribution in [-0.4, -0.2) is 23.7 Å². The SMILES string of the molecule is CCCNC(C)(C(=O)O)c1ccc(OC(C)C)cc1. The summed E-state index contributed by atoms with van der Waals surface area (Å²) in [5.41, 5.74) is -0.337. The summed E-state index contributed by atoms with van der Waals surface area (Å²) in [6, 6.07) is 7.22. The van der Waals surface area contributed by atoms with Crippen molar-refractivity contribution < 1.29 is 14.6 Å². The third kappa shape index (κ3) is 3.96. The molecule has 1 atom stereocenters. The first-order chi connectivity index (χ1) is 8.90. The molecule has 1 aromatic rings. The van der Waals surface area contributed by atoms with Gasteiger partial charge in [-0.2, -0.15) is 0 Å². The molecule has 0 radical (unpaired) electrons. The first-order valence-corrected chi connectivity index (χ1v) is 6.65. The Balaban J connectivity index is 2.94. The fraction of sp³-hybridized carbons (Fsp3) is 0.533. The Morgan fingerprint density at radius 1 is 1.37 bits per heavy atom. The van der Waals surface area contributed by atoms with E-state index in [1.165, 1.54) is 0 Å². The summed E-state index contributed by atoms with van der Waals surface area (Å²) in [5, 5.41) is 12.5. The zero-order valence-electron chi connectivity index (χ0n) is 12.1. The highest BCUT2D eigenvalue weighted by atomic mass is 16.5. The van der Waals surface area contributed by atoms with Gasteiger partial charge in [0, 0.05) is 0 Å². The number of aliphatic carboxylic acids is 1. The second-order valence-corrected chi connectivity index (χ2v) is 5.05. The molecule has 0 spiro atoms. The van der Waals surface area contributed by atoms with Gasteiger partial charge in [-0.25, -0.2) is 4.79 Å². The molecule has 19 heavy (non-hydrogen) atoms. The van der Waals surface area contributed by atoms with Crippen molar-refractivity contribution in [1.82, 2.24) is 5.32 Å². The van der Waals surface area contributed by atoms with Crippen molar-refractivity contribution in [3.05, 3.63) is 29.8 Å². The highest BCUT2D eigenvalue weighted by Gasteiger charge is 2.34. The van der Waals surface area contributed by atoms with Gasteiger partial charge in [0.2, 0.25) is 0 Å². The van der Waals surface area contributed by atoms with Crippen LogP contribution >= 0.6 is 0 Å². The van der Waals surface area contributed by atoms with Gasteiger partial charge in [-0.15, -0.1) is 0 Å². The lowest BCUT2D eigenvalue weighted by atomic mass is 9.92. The van der Waals surface area contributed by atoms with E-state index in [0.29, 0.717) is 6.54 Å². The molecule has 4 nitrogen and oxygen atoms in total. The van der Waals surface area contributed by atoms with E-state index in [0.717, 1.165) is 17.7 Å². The van der Waals surface area contributed by atoms with Crippen molar-refractivity contribution in [3.8, 4) is 5.75 Å². The molecule has 0 fully saturated rings. The molecular weight excluding hydrogens is 242 g/mol. The van der Waals surface area contributed by atoms with Crippen LogP contribution in [0.25, 0.3) is 0 Å². The number of nitrogens with one attached hydrogen (secondary N) is 1. The number of carbonyl (C=O) groups is 1. The minimum atomic E-state index is -1.06. The van der Waals surface area contributed by atoms with Crippen molar-refractivity contribution in [2.24, 2.45) is 0 Å². The quantitative estimate of drug-likeness (QED) is 0.796. The number of carboxylic acid groups (broad SMARTS) is 1. The molecule has 0 bridgehead atoms. The summed E-state index contributed by atoms with van der Waals surface area (Å²) in [5.74, 6) is -0.125.